The number of fused-ring (bicyclic) bond motifs is 1. The molecule has 0 N–H and O–H groups in total. The largest absolute Gasteiger partial charge is 0.264 e. The van der Waals surface area contributed by atoms with E-state index in [0.29, 0.717) is 16.7 Å². The van der Waals surface area contributed by atoms with Crippen molar-refractivity contribution in [1.82, 2.24) is 4.98 Å². The van der Waals surface area contributed by atoms with E-state index in [4.69, 9.17) is 0 Å². The van der Waals surface area contributed by atoms with Crippen LogP contribution in [0, 0.1) is 0 Å². The lowest BCUT2D eigenvalue weighted by atomic mass is 9.99. The zero-order valence-electron chi connectivity index (χ0n) is 14.0. The summed E-state index contributed by atoms with van der Waals surface area (Å²) in [6, 6.07) is 16.3. The van der Waals surface area contributed by atoms with Gasteiger partial charge in [0.1, 0.15) is 5.25 Å². The van der Waals surface area contributed by atoms with E-state index in [-0.39, 0.29) is 22.2 Å². The first-order valence-electron chi connectivity index (χ1n) is 7.96. The van der Waals surface area contributed by atoms with Gasteiger partial charge in [0.05, 0.1) is 15.5 Å². The van der Waals surface area contributed by atoms with Gasteiger partial charge in [-0.15, -0.1) is 12.4 Å². The van der Waals surface area contributed by atoms with Gasteiger partial charge in [0.15, 0.2) is 19.7 Å². The fourth-order valence-corrected chi connectivity index (χ4v) is 7.69. The zero-order valence-corrected chi connectivity index (χ0v) is 16.5. The van der Waals surface area contributed by atoms with Crippen molar-refractivity contribution in [1.29, 1.82) is 0 Å². The minimum atomic E-state index is -3.85. The molecule has 3 aromatic rings. The van der Waals surface area contributed by atoms with E-state index in [1.54, 1.807) is 54.9 Å². The Morgan fingerprint density at radius 2 is 1.67 bits per heavy atom. The molecule has 1 atom stereocenters. The van der Waals surface area contributed by atoms with Crippen molar-refractivity contribution in [3.8, 4) is 11.1 Å². The molecule has 5 nitrogen and oxygen atoms in total. The molecule has 1 aliphatic rings. The molecule has 0 radical (unpaired) electrons. The first kappa shape index (κ1) is 19.5. The van der Waals surface area contributed by atoms with Crippen molar-refractivity contribution in [2.45, 2.75) is 15.0 Å². The Balaban J connectivity index is 0.00000210. The topological polar surface area (TPSA) is 81.2 Å². The van der Waals surface area contributed by atoms with E-state index in [9.17, 15) is 16.8 Å². The van der Waals surface area contributed by atoms with Crippen LogP contribution in [0.15, 0.2) is 82.8 Å². The Bertz CT molecular complexity index is 1180. The monoisotopic (exact) mass is 421 g/mol. The van der Waals surface area contributed by atoms with Crippen molar-refractivity contribution in [3.05, 3.63) is 78.6 Å². The lowest BCUT2D eigenvalue weighted by molar-refractivity contribution is 0.582. The Morgan fingerprint density at radius 3 is 2.33 bits per heavy atom. The Hall–Kier alpha value is -2.22. The van der Waals surface area contributed by atoms with E-state index in [2.05, 4.69) is 4.98 Å². The van der Waals surface area contributed by atoms with Gasteiger partial charge in [0, 0.05) is 18.0 Å². The second-order valence-electron chi connectivity index (χ2n) is 6.09. The van der Waals surface area contributed by atoms with Crippen LogP contribution in [0.3, 0.4) is 0 Å². The van der Waals surface area contributed by atoms with E-state index >= 15 is 0 Å². The van der Waals surface area contributed by atoms with Gasteiger partial charge in [0.25, 0.3) is 0 Å². The van der Waals surface area contributed by atoms with Gasteiger partial charge in [-0.3, -0.25) is 4.98 Å². The average Bonchev–Trinajstić information content (AvgIpc) is 2.95. The maximum atomic E-state index is 13.2. The van der Waals surface area contributed by atoms with E-state index < -0.39 is 30.7 Å². The number of sulfone groups is 2. The summed E-state index contributed by atoms with van der Waals surface area (Å²) in [6.45, 7) is 0. The number of rotatable bonds is 3. The molecule has 27 heavy (non-hydrogen) atoms. The van der Waals surface area contributed by atoms with Crippen molar-refractivity contribution >= 4 is 32.1 Å². The van der Waals surface area contributed by atoms with Gasteiger partial charge >= 0.3 is 0 Å². The molecule has 8 heteroatoms. The first-order valence-corrected chi connectivity index (χ1v) is 11.2. The number of nitrogens with zero attached hydrogens (tertiary/aromatic N) is 1. The molecule has 0 fully saturated rings. The Labute approximate surface area is 164 Å². The van der Waals surface area contributed by atoms with E-state index in [1.165, 1.54) is 18.2 Å². The molecule has 2 aromatic carbocycles. The molecule has 2 heterocycles. The fraction of sp³-hybridized carbons (Fsp3) is 0.105. The van der Waals surface area contributed by atoms with Crippen LogP contribution in [0.5, 0.6) is 0 Å². The molecular formula is C19H16ClNO4S2. The van der Waals surface area contributed by atoms with Crippen LogP contribution in [0.25, 0.3) is 11.1 Å². The maximum Gasteiger partial charge on any atom is 0.186 e. The summed E-state index contributed by atoms with van der Waals surface area (Å²) in [5.41, 5.74) is 1.61. The highest BCUT2D eigenvalue weighted by atomic mass is 35.5. The summed E-state index contributed by atoms with van der Waals surface area (Å²) < 4.78 is 51.7. The molecule has 1 unspecified atom stereocenters. The number of benzene rings is 2. The first-order chi connectivity index (χ1) is 12.4. The van der Waals surface area contributed by atoms with Crippen molar-refractivity contribution in [2.75, 3.05) is 5.75 Å². The van der Waals surface area contributed by atoms with Gasteiger partial charge < -0.3 is 0 Å². The van der Waals surface area contributed by atoms with E-state index in [1.807, 2.05) is 0 Å². The lowest BCUT2D eigenvalue weighted by Gasteiger charge is -2.15. The van der Waals surface area contributed by atoms with Crippen LogP contribution in [0.4, 0.5) is 0 Å². The second kappa shape index (κ2) is 7.07. The molecular weight excluding hydrogens is 406 g/mol. The third kappa shape index (κ3) is 3.26. The van der Waals surface area contributed by atoms with Crippen molar-refractivity contribution < 1.29 is 16.8 Å². The second-order valence-corrected chi connectivity index (χ2v) is 10.2. The summed E-state index contributed by atoms with van der Waals surface area (Å²) in [5.74, 6) is -0.448. The molecule has 0 aliphatic carbocycles. The Morgan fingerprint density at radius 1 is 0.926 bits per heavy atom. The number of halogens is 1. The van der Waals surface area contributed by atoms with Crippen LogP contribution in [0.2, 0.25) is 0 Å². The van der Waals surface area contributed by atoms with Gasteiger partial charge in [-0.25, -0.2) is 16.8 Å². The summed E-state index contributed by atoms with van der Waals surface area (Å²) in [6.07, 6.45) is 3.22. The summed E-state index contributed by atoms with van der Waals surface area (Å²) >= 11 is 0. The van der Waals surface area contributed by atoms with E-state index in [0.717, 1.165) is 0 Å². The van der Waals surface area contributed by atoms with Gasteiger partial charge in [-0.05, 0) is 35.4 Å². The van der Waals surface area contributed by atoms with Crippen molar-refractivity contribution in [3.63, 3.8) is 0 Å². The highest BCUT2D eigenvalue weighted by Crippen LogP contribution is 2.45. The van der Waals surface area contributed by atoms with Gasteiger partial charge in [-0.1, -0.05) is 36.4 Å². The molecule has 0 saturated carbocycles. The summed E-state index contributed by atoms with van der Waals surface area (Å²) in [5, 5.41) is -1.14. The van der Waals surface area contributed by atoms with Gasteiger partial charge in [0.2, 0.25) is 0 Å². The number of pyridine rings is 1. The minimum absolute atomic E-state index is 0. The highest BCUT2D eigenvalue weighted by molar-refractivity contribution is 7.96. The van der Waals surface area contributed by atoms with Crippen LogP contribution >= 0.6 is 12.4 Å². The third-order valence-corrected chi connectivity index (χ3v) is 8.60. The maximum absolute atomic E-state index is 13.2. The standard InChI is InChI=1S/C19H15NO4S2.ClH/c21-25(22)13-18(26(23,24)15-7-2-1-3-8-15)19-16(9-4-10-17(19)25)14-6-5-11-20-12-14;/h1-12,18H,13H2;1H. The van der Waals surface area contributed by atoms with Crippen molar-refractivity contribution in [2.24, 2.45) is 0 Å². The minimum Gasteiger partial charge on any atom is -0.264 e. The summed E-state index contributed by atoms with van der Waals surface area (Å²) in [7, 11) is -7.53. The molecule has 0 saturated heterocycles. The molecule has 0 spiro atoms. The zero-order chi connectivity index (χ0) is 18.4. The number of hydrogen-bond acceptors (Lipinski definition) is 5. The molecule has 1 aromatic heterocycles. The highest BCUT2D eigenvalue weighted by Gasteiger charge is 2.44. The van der Waals surface area contributed by atoms with Gasteiger partial charge in [-0.2, -0.15) is 0 Å². The van der Waals surface area contributed by atoms with Crippen LogP contribution < -0.4 is 0 Å². The summed E-state index contributed by atoms with van der Waals surface area (Å²) in [4.78, 5) is 4.28. The normalized spacial score (nSPS) is 17.7. The number of aromatic nitrogens is 1. The lowest BCUT2D eigenvalue weighted by Crippen LogP contribution is -2.16. The van der Waals surface area contributed by atoms with Crippen LogP contribution in [-0.2, 0) is 19.7 Å². The average molecular weight is 422 g/mol. The molecule has 0 amide bonds. The molecule has 4 rings (SSSR count). The molecule has 1 aliphatic heterocycles. The van der Waals surface area contributed by atoms with Crippen LogP contribution in [0.1, 0.15) is 10.8 Å². The Kier molecular flexibility index (Phi) is 5.12. The molecule has 140 valence electrons. The SMILES string of the molecule is Cl.O=S1(=O)CC(S(=O)(=O)c2ccccc2)c2c(-c3cccnc3)cccc21. The smallest absolute Gasteiger partial charge is 0.186 e. The number of hydrogen-bond donors (Lipinski definition) is 0. The van der Waals surface area contributed by atoms with Crippen LogP contribution in [-0.4, -0.2) is 27.6 Å². The molecule has 0 bridgehead atoms. The predicted octanol–water partition coefficient (Wildman–Crippen LogP) is 3.47. The quantitative estimate of drug-likeness (QED) is 0.646. The fourth-order valence-electron chi connectivity index (χ4n) is 3.31. The third-order valence-electron chi connectivity index (χ3n) is 4.51. The predicted molar refractivity (Wildman–Crippen MR) is 105 cm³/mol.